The van der Waals surface area contributed by atoms with E-state index in [1.54, 1.807) is 76.2 Å². The molecule has 0 bridgehead atoms. The Morgan fingerprint density at radius 2 is 1.29 bits per heavy atom. The highest BCUT2D eigenvalue weighted by Crippen LogP contribution is 2.55. The highest BCUT2D eigenvalue weighted by Gasteiger charge is 2.38. The van der Waals surface area contributed by atoms with Crippen LogP contribution in [0.4, 0.5) is 4.79 Å². The topological polar surface area (TPSA) is 127 Å². The van der Waals surface area contributed by atoms with E-state index in [1.807, 2.05) is 30.3 Å². The number of amides is 1. The third-order valence-corrected chi connectivity index (χ3v) is 6.61. The molecule has 0 N–H and O–H groups in total. The molecule has 12 heteroatoms. The Kier molecular flexibility index (Phi) is 13.0. The second kappa shape index (κ2) is 14.6. The number of hydrogen-bond donors (Lipinski definition) is 0. The number of nitrogens with zero attached hydrogens (tertiary/aromatic N) is 1. The molecule has 0 radical (unpaired) electrons. The second-order valence-electron chi connectivity index (χ2n) is 13.4. The van der Waals surface area contributed by atoms with Crippen LogP contribution in [0.25, 0.3) is 0 Å². The van der Waals surface area contributed by atoms with Crippen LogP contribution in [-0.2, 0) is 48.5 Å². The van der Waals surface area contributed by atoms with Crippen LogP contribution in [0.3, 0.4) is 0 Å². The number of phosphoric acid groups is 1. The third kappa shape index (κ3) is 17.2. The van der Waals surface area contributed by atoms with E-state index in [0.717, 1.165) is 10.5 Å². The van der Waals surface area contributed by atoms with Gasteiger partial charge in [-0.3, -0.25) is 23.5 Å². The number of ether oxygens (including phenoxy) is 3. The van der Waals surface area contributed by atoms with Crippen molar-refractivity contribution in [3.05, 3.63) is 35.9 Å². The number of phosphoric ester groups is 1. The summed E-state index contributed by atoms with van der Waals surface area (Å²) >= 11 is 0. The first-order chi connectivity index (χ1) is 18.5. The number of esters is 2. The van der Waals surface area contributed by atoms with Crippen LogP contribution in [0.1, 0.15) is 88.1 Å². The van der Waals surface area contributed by atoms with Crippen LogP contribution in [0.15, 0.2) is 30.3 Å². The summed E-state index contributed by atoms with van der Waals surface area (Å²) in [5.41, 5.74) is -2.51. The summed E-state index contributed by atoms with van der Waals surface area (Å²) in [4.78, 5) is 39.4. The van der Waals surface area contributed by atoms with E-state index in [2.05, 4.69) is 0 Å². The predicted molar refractivity (Wildman–Crippen MR) is 154 cm³/mol. The molecule has 1 rings (SSSR count). The Morgan fingerprint density at radius 3 is 1.78 bits per heavy atom. The predicted octanol–water partition coefficient (Wildman–Crippen LogP) is 6.64. The Morgan fingerprint density at radius 1 is 0.756 bits per heavy atom. The van der Waals surface area contributed by atoms with Crippen LogP contribution >= 0.6 is 7.82 Å². The SMILES string of the molecule is CC(C)(CC(=O)OCc1ccccc1)CN(CC(=O)OC(C)(C)C)C(=O)OCOP(=O)(OC(C)(C)C)OC(C)(C)C. The van der Waals surface area contributed by atoms with Gasteiger partial charge in [-0.05, 0) is 73.3 Å². The van der Waals surface area contributed by atoms with E-state index >= 15 is 0 Å². The lowest BCUT2D eigenvalue weighted by atomic mass is 9.88. The van der Waals surface area contributed by atoms with E-state index in [9.17, 15) is 18.9 Å². The number of rotatable bonds is 13. The molecule has 1 aromatic rings. The van der Waals surface area contributed by atoms with Crippen molar-refractivity contribution in [1.82, 2.24) is 4.90 Å². The summed E-state index contributed by atoms with van der Waals surface area (Å²) in [5, 5.41) is 0. The van der Waals surface area contributed by atoms with E-state index in [1.165, 1.54) is 0 Å². The molecule has 0 aliphatic heterocycles. The van der Waals surface area contributed by atoms with Gasteiger partial charge in [0.25, 0.3) is 0 Å². The van der Waals surface area contributed by atoms with Gasteiger partial charge in [-0.25, -0.2) is 13.9 Å². The van der Waals surface area contributed by atoms with Gasteiger partial charge in [0.05, 0.1) is 17.6 Å². The number of carbonyl (C=O) groups is 3. The summed E-state index contributed by atoms with van der Waals surface area (Å²) in [6.45, 7) is 17.5. The van der Waals surface area contributed by atoms with Gasteiger partial charge < -0.3 is 14.2 Å². The zero-order chi connectivity index (χ0) is 31.7. The van der Waals surface area contributed by atoms with E-state index in [4.69, 9.17) is 27.8 Å². The van der Waals surface area contributed by atoms with Crippen LogP contribution in [0.5, 0.6) is 0 Å². The molecular formula is C29H48NO10P. The molecule has 1 aromatic carbocycles. The fraction of sp³-hybridized carbons (Fsp3) is 0.690. The van der Waals surface area contributed by atoms with Crippen LogP contribution in [0.2, 0.25) is 0 Å². The first kappa shape index (κ1) is 36.6. The summed E-state index contributed by atoms with van der Waals surface area (Å²) in [6.07, 6.45) is -0.984. The Hall–Kier alpha value is -2.46. The Balaban J connectivity index is 2.95. The molecule has 1 amide bonds. The molecule has 0 spiro atoms. The highest BCUT2D eigenvalue weighted by molar-refractivity contribution is 7.48. The molecule has 11 nitrogen and oxygen atoms in total. The number of carbonyl (C=O) groups excluding carboxylic acids is 3. The van der Waals surface area contributed by atoms with Crippen LogP contribution < -0.4 is 0 Å². The quantitative estimate of drug-likeness (QED) is 0.105. The van der Waals surface area contributed by atoms with Gasteiger partial charge in [0.2, 0.25) is 6.79 Å². The van der Waals surface area contributed by atoms with Gasteiger partial charge in [-0.2, -0.15) is 0 Å². The summed E-state index contributed by atoms with van der Waals surface area (Å²) < 4.78 is 45.6. The zero-order valence-electron chi connectivity index (χ0n) is 26.4. The largest absolute Gasteiger partial charge is 0.478 e. The average molecular weight is 602 g/mol. The monoisotopic (exact) mass is 601 g/mol. The summed E-state index contributed by atoms with van der Waals surface area (Å²) in [7, 11) is -4.15. The first-order valence-corrected chi connectivity index (χ1v) is 14.9. The van der Waals surface area contributed by atoms with Crippen molar-refractivity contribution in [2.24, 2.45) is 5.41 Å². The average Bonchev–Trinajstić information content (AvgIpc) is 2.73. The smallest absolute Gasteiger partial charge is 0.461 e. The minimum absolute atomic E-state index is 0.0392. The van der Waals surface area contributed by atoms with E-state index < -0.39 is 61.4 Å². The van der Waals surface area contributed by atoms with Gasteiger partial charge in [0, 0.05) is 6.54 Å². The molecule has 0 aliphatic carbocycles. The Labute approximate surface area is 244 Å². The van der Waals surface area contributed by atoms with Crippen LogP contribution in [0, 0.1) is 5.41 Å². The van der Waals surface area contributed by atoms with Crippen molar-refractivity contribution >= 4 is 25.9 Å². The molecule has 0 aromatic heterocycles. The maximum Gasteiger partial charge on any atom is 0.478 e. The van der Waals surface area contributed by atoms with Crippen molar-refractivity contribution in [2.45, 2.75) is 106 Å². The lowest BCUT2D eigenvalue weighted by molar-refractivity contribution is -0.156. The number of benzene rings is 1. The molecule has 0 unspecified atom stereocenters. The molecule has 0 saturated carbocycles. The maximum absolute atomic E-state index is 13.2. The Bertz CT molecular complexity index is 1030. The molecular weight excluding hydrogens is 553 g/mol. The standard InChI is InChI=1S/C29H48NO10P/c1-26(2,3)38-24(32)18-30(20-29(10,11)17-23(31)35-19-22-15-13-12-14-16-22)25(33)36-21-37-41(34,39-27(4,5)6)40-28(7,8)9/h12-16H,17-21H2,1-11H3. The molecule has 0 heterocycles. The minimum Gasteiger partial charge on any atom is -0.461 e. The first-order valence-electron chi connectivity index (χ1n) is 13.5. The molecule has 234 valence electrons. The molecule has 0 atom stereocenters. The lowest BCUT2D eigenvalue weighted by Gasteiger charge is -2.32. The zero-order valence-corrected chi connectivity index (χ0v) is 27.3. The third-order valence-electron chi connectivity index (χ3n) is 4.65. The van der Waals surface area contributed by atoms with Crippen molar-refractivity contribution < 1.29 is 46.7 Å². The van der Waals surface area contributed by atoms with Crippen molar-refractivity contribution in [3.8, 4) is 0 Å². The molecule has 0 fully saturated rings. The highest BCUT2D eigenvalue weighted by atomic mass is 31.2. The molecule has 0 aliphatic rings. The summed E-state index contributed by atoms with van der Waals surface area (Å²) in [6, 6.07) is 9.25. The fourth-order valence-electron chi connectivity index (χ4n) is 3.44. The molecule has 0 saturated heterocycles. The van der Waals surface area contributed by atoms with Gasteiger partial charge in [-0.15, -0.1) is 0 Å². The normalized spacial score (nSPS) is 13.0. The number of hydrogen-bond acceptors (Lipinski definition) is 10. The van der Waals surface area contributed by atoms with Gasteiger partial charge >= 0.3 is 25.9 Å². The van der Waals surface area contributed by atoms with Crippen molar-refractivity contribution in [3.63, 3.8) is 0 Å². The van der Waals surface area contributed by atoms with Crippen molar-refractivity contribution in [2.75, 3.05) is 19.9 Å². The maximum atomic E-state index is 13.2. The lowest BCUT2D eigenvalue weighted by Crippen LogP contribution is -2.44. The van der Waals surface area contributed by atoms with Crippen molar-refractivity contribution in [1.29, 1.82) is 0 Å². The second-order valence-corrected chi connectivity index (χ2v) is 15.0. The molecule has 41 heavy (non-hydrogen) atoms. The van der Waals surface area contributed by atoms with Crippen LogP contribution in [-0.4, -0.2) is 59.6 Å². The van der Waals surface area contributed by atoms with Gasteiger partial charge in [0.15, 0.2) is 0 Å². The van der Waals surface area contributed by atoms with E-state index in [-0.39, 0.29) is 19.6 Å². The fourth-order valence-corrected chi connectivity index (χ4v) is 5.11. The van der Waals surface area contributed by atoms with E-state index in [0.29, 0.717) is 0 Å². The van der Waals surface area contributed by atoms with Gasteiger partial charge in [-0.1, -0.05) is 44.2 Å². The van der Waals surface area contributed by atoms with Gasteiger partial charge in [0.1, 0.15) is 18.8 Å². The summed E-state index contributed by atoms with van der Waals surface area (Å²) in [5.74, 6) is -1.14. The minimum atomic E-state index is -4.15.